The third kappa shape index (κ3) is 3.57. The van der Waals surface area contributed by atoms with E-state index in [4.69, 9.17) is 21.4 Å². The van der Waals surface area contributed by atoms with Crippen LogP contribution in [0.1, 0.15) is 10.4 Å². The van der Waals surface area contributed by atoms with Gasteiger partial charge in [-0.3, -0.25) is 0 Å². The molecule has 0 heterocycles. The average Bonchev–Trinajstić information content (AvgIpc) is 2.16. The van der Waals surface area contributed by atoms with Crippen molar-refractivity contribution < 1.29 is 14.6 Å². The highest BCUT2D eigenvalue weighted by molar-refractivity contribution is 9.10. The number of carboxylic acids is 1. The number of hydrogen-bond acceptors (Lipinski definition) is 2. The molecule has 0 fully saturated rings. The molecule has 5 heteroatoms. The molecule has 0 amide bonds. The van der Waals surface area contributed by atoms with Crippen LogP contribution in [-0.2, 0) is 0 Å². The lowest BCUT2D eigenvalue weighted by molar-refractivity contribution is 0.0696. The number of ether oxygens (including phenoxy) is 1. The maximum absolute atomic E-state index is 10.7. The molecule has 3 nitrogen and oxygen atoms in total. The molecule has 15 heavy (non-hydrogen) atoms. The van der Waals surface area contributed by atoms with Crippen molar-refractivity contribution in [3.05, 3.63) is 39.8 Å². The number of rotatable bonds is 4. The molecular formula is C10H8BrClO3. The SMILES string of the molecule is C=C(Cl)COc1cc(C(=O)O)ccc1Br. The number of carbonyl (C=O) groups is 1. The molecule has 0 aliphatic rings. The summed E-state index contributed by atoms with van der Waals surface area (Å²) >= 11 is 8.77. The molecule has 0 radical (unpaired) electrons. The van der Waals surface area contributed by atoms with E-state index in [1.165, 1.54) is 12.1 Å². The highest BCUT2D eigenvalue weighted by atomic mass is 79.9. The predicted molar refractivity (Wildman–Crippen MR) is 61.6 cm³/mol. The Hall–Kier alpha value is -1.00. The van der Waals surface area contributed by atoms with Gasteiger partial charge < -0.3 is 9.84 Å². The topological polar surface area (TPSA) is 46.5 Å². The fourth-order valence-electron chi connectivity index (χ4n) is 0.903. The van der Waals surface area contributed by atoms with Crippen LogP contribution in [0.2, 0.25) is 0 Å². The van der Waals surface area contributed by atoms with Crippen molar-refractivity contribution >= 4 is 33.5 Å². The average molecular weight is 292 g/mol. The molecular weight excluding hydrogens is 283 g/mol. The summed E-state index contributed by atoms with van der Waals surface area (Å²) in [6.07, 6.45) is 0. The van der Waals surface area contributed by atoms with E-state index in [-0.39, 0.29) is 12.2 Å². The first-order valence-corrected chi connectivity index (χ1v) is 5.16. The smallest absolute Gasteiger partial charge is 0.335 e. The van der Waals surface area contributed by atoms with E-state index in [9.17, 15) is 4.79 Å². The minimum Gasteiger partial charge on any atom is -0.487 e. The lowest BCUT2D eigenvalue weighted by Crippen LogP contribution is -2.00. The summed E-state index contributed by atoms with van der Waals surface area (Å²) in [6.45, 7) is 3.61. The summed E-state index contributed by atoms with van der Waals surface area (Å²) in [6, 6.07) is 4.51. The van der Waals surface area contributed by atoms with Gasteiger partial charge in [0.05, 0.1) is 10.0 Å². The maximum Gasteiger partial charge on any atom is 0.335 e. The Morgan fingerprint density at radius 1 is 1.60 bits per heavy atom. The number of aromatic carboxylic acids is 1. The van der Waals surface area contributed by atoms with E-state index in [1.807, 2.05) is 0 Å². The van der Waals surface area contributed by atoms with Gasteiger partial charge in [-0.25, -0.2) is 4.79 Å². The molecule has 1 aromatic rings. The molecule has 0 bridgehead atoms. The van der Waals surface area contributed by atoms with E-state index in [0.717, 1.165) is 0 Å². The van der Waals surface area contributed by atoms with Crippen LogP contribution in [0.3, 0.4) is 0 Å². The first-order valence-electron chi connectivity index (χ1n) is 3.99. The molecule has 1 aromatic carbocycles. The van der Waals surface area contributed by atoms with Gasteiger partial charge in [0.15, 0.2) is 0 Å². The number of halogens is 2. The van der Waals surface area contributed by atoms with Gasteiger partial charge in [0.2, 0.25) is 0 Å². The Morgan fingerprint density at radius 3 is 2.80 bits per heavy atom. The third-order valence-corrected chi connectivity index (χ3v) is 2.33. The van der Waals surface area contributed by atoms with Gasteiger partial charge in [-0.05, 0) is 34.1 Å². The maximum atomic E-state index is 10.7. The van der Waals surface area contributed by atoms with Crippen LogP contribution >= 0.6 is 27.5 Å². The van der Waals surface area contributed by atoms with Crippen molar-refractivity contribution in [3.8, 4) is 5.75 Å². The minimum atomic E-state index is -1.00. The van der Waals surface area contributed by atoms with Crippen molar-refractivity contribution in [2.24, 2.45) is 0 Å². The summed E-state index contributed by atoms with van der Waals surface area (Å²) < 4.78 is 5.92. The van der Waals surface area contributed by atoms with Gasteiger partial charge in [0, 0.05) is 5.03 Å². The first kappa shape index (κ1) is 12.1. The molecule has 0 spiro atoms. The van der Waals surface area contributed by atoms with Crippen LogP contribution < -0.4 is 4.74 Å². The van der Waals surface area contributed by atoms with Gasteiger partial charge in [-0.15, -0.1) is 0 Å². The summed E-state index contributed by atoms with van der Waals surface area (Å²) in [7, 11) is 0. The highest BCUT2D eigenvalue weighted by Gasteiger charge is 2.07. The Balaban J connectivity index is 2.90. The van der Waals surface area contributed by atoms with E-state index >= 15 is 0 Å². The minimum absolute atomic E-state index is 0.142. The lowest BCUT2D eigenvalue weighted by Gasteiger charge is -2.07. The van der Waals surface area contributed by atoms with Crippen molar-refractivity contribution in [3.63, 3.8) is 0 Å². The van der Waals surface area contributed by atoms with Crippen molar-refractivity contribution in [1.82, 2.24) is 0 Å². The summed E-state index contributed by atoms with van der Waals surface area (Å²) in [5.41, 5.74) is 0.161. The zero-order valence-electron chi connectivity index (χ0n) is 7.67. The second kappa shape index (κ2) is 5.19. The zero-order chi connectivity index (χ0) is 11.4. The lowest BCUT2D eigenvalue weighted by atomic mass is 10.2. The van der Waals surface area contributed by atoms with Gasteiger partial charge in [-0.1, -0.05) is 18.2 Å². The van der Waals surface area contributed by atoms with Gasteiger partial charge >= 0.3 is 5.97 Å². The van der Waals surface area contributed by atoms with Crippen LogP contribution in [0.25, 0.3) is 0 Å². The summed E-state index contributed by atoms with van der Waals surface area (Å²) in [4.78, 5) is 10.7. The van der Waals surface area contributed by atoms with E-state index in [2.05, 4.69) is 22.5 Å². The van der Waals surface area contributed by atoms with Crippen LogP contribution in [0.5, 0.6) is 5.75 Å². The van der Waals surface area contributed by atoms with E-state index in [1.54, 1.807) is 6.07 Å². The normalized spacial score (nSPS) is 9.73. The Labute approximate surface area is 100 Å². The van der Waals surface area contributed by atoms with E-state index in [0.29, 0.717) is 15.3 Å². The molecule has 0 unspecified atom stereocenters. The first-order chi connectivity index (χ1) is 7.00. The second-order valence-corrected chi connectivity index (χ2v) is 4.15. The van der Waals surface area contributed by atoms with Gasteiger partial charge in [0.1, 0.15) is 12.4 Å². The Kier molecular flexibility index (Phi) is 4.17. The number of carboxylic acid groups (broad SMARTS) is 1. The quantitative estimate of drug-likeness (QED) is 0.926. The standard InChI is InChI=1S/C10H8BrClO3/c1-6(12)5-15-9-4-7(10(13)14)2-3-8(9)11/h2-4H,1,5H2,(H,13,14). The van der Waals surface area contributed by atoms with Gasteiger partial charge in [-0.2, -0.15) is 0 Å². The number of hydrogen-bond donors (Lipinski definition) is 1. The zero-order valence-corrected chi connectivity index (χ0v) is 10.0. The van der Waals surface area contributed by atoms with Crippen LogP contribution in [-0.4, -0.2) is 17.7 Å². The number of benzene rings is 1. The van der Waals surface area contributed by atoms with Crippen molar-refractivity contribution in [1.29, 1.82) is 0 Å². The molecule has 1 N–H and O–H groups in total. The third-order valence-electron chi connectivity index (χ3n) is 1.56. The summed E-state index contributed by atoms with van der Waals surface area (Å²) in [5.74, 6) is -0.575. The van der Waals surface area contributed by atoms with E-state index < -0.39 is 5.97 Å². The molecule has 0 saturated carbocycles. The van der Waals surface area contributed by atoms with Crippen LogP contribution in [0.4, 0.5) is 0 Å². The molecule has 0 aliphatic heterocycles. The largest absolute Gasteiger partial charge is 0.487 e. The fourth-order valence-corrected chi connectivity index (χ4v) is 1.32. The van der Waals surface area contributed by atoms with Crippen LogP contribution in [0.15, 0.2) is 34.3 Å². The molecule has 80 valence electrons. The fraction of sp³-hybridized carbons (Fsp3) is 0.100. The highest BCUT2D eigenvalue weighted by Crippen LogP contribution is 2.26. The molecule has 0 saturated heterocycles. The van der Waals surface area contributed by atoms with Crippen molar-refractivity contribution in [2.45, 2.75) is 0 Å². The van der Waals surface area contributed by atoms with Crippen molar-refractivity contribution in [2.75, 3.05) is 6.61 Å². The predicted octanol–water partition coefficient (Wildman–Crippen LogP) is 3.28. The second-order valence-electron chi connectivity index (χ2n) is 2.76. The van der Waals surface area contributed by atoms with Crippen LogP contribution in [0, 0.1) is 0 Å². The Morgan fingerprint density at radius 2 is 2.27 bits per heavy atom. The molecule has 1 rings (SSSR count). The Bertz CT molecular complexity index is 404. The monoisotopic (exact) mass is 290 g/mol. The summed E-state index contributed by atoms with van der Waals surface area (Å²) in [5, 5.41) is 9.11. The molecule has 0 aromatic heterocycles. The molecule has 0 aliphatic carbocycles. The van der Waals surface area contributed by atoms with Gasteiger partial charge in [0.25, 0.3) is 0 Å². The molecule has 0 atom stereocenters.